The number of amides is 1. The number of aromatic amines is 1. The number of para-hydroxylation sites is 1. The Morgan fingerprint density at radius 1 is 1.42 bits per heavy atom. The Bertz CT molecular complexity index is 700. The van der Waals surface area contributed by atoms with Gasteiger partial charge in [-0.25, -0.2) is 4.98 Å². The molecule has 0 saturated heterocycles. The molecule has 2 N–H and O–H groups in total. The van der Waals surface area contributed by atoms with E-state index in [2.05, 4.69) is 15.3 Å². The summed E-state index contributed by atoms with van der Waals surface area (Å²) in [5.74, 6) is 0.551. The lowest BCUT2D eigenvalue weighted by atomic mass is 10.1. The van der Waals surface area contributed by atoms with Crippen molar-refractivity contribution < 1.29 is 9.21 Å². The molecule has 5 nitrogen and oxygen atoms in total. The van der Waals surface area contributed by atoms with Crippen LogP contribution in [-0.2, 0) is 0 Å². The molecule has 5 heteroatoms. The zero-order chi connectivity index (χ0) is 13.2. The van der Waals surface area contributed by atoms with E-state index in [0.717, 1.165) is 11.2 Å². The summed E-state index contributed by atoms with van der Waals surface area (Å²) in [6.07, 6.45) is 4.87. The molecular weight excluding hydrogens is 242 g/mol. The monoisotopic (exact) mass is 255 g/mol. The summed E-state index contributed by atoms with van der Waals surface area (Å²) in [6.45, 7) is 1.87. The first-order chi connectivity index (χ1) is 9.25. The smallest absolute Gasteiger partial charge is 0.255 e. The molecule has 19 heavy (non-hydrogen) atoms. The second kappa shape index (κ2) is 4.61. The summed E-state index contributed by atoms with van der Waals surface area (Å²) in [4.78, 5) is 19.3. The Hall–Kier alpha value is -2.56. The van der Waals surface area contributed by atoms with Gasteiger partial charge in [-0.1, -0.05) is 18.2 Å². The summed E-state index contributed by atoms with van der Waals surface area (Å²) in [5, 5.41) is 3.70. The second-order valence-electron chi connectivity index (χ2n) is 4.32. The summed E-state index contributed by atoms with van der Waals surface area (Å²) < 4.78 is 5.36. The van der Waals surface area contributed by atoms with E-state index in [9.17, 15) is 4.79 Å². The molecule has 1 aromatic carbocycles. The van der Waals surface area contributed by atoms with Crippen LogP contribution < -0.4 is 5.32 Å². The fraction of sp³-hybridized carbons (Fsp3) is 0.143. The number of hydrogen-bond donors (Lipinski definition) is 2. The lowest BCUT2D eigenvalue weighted by Crippen LogP contribution is -2.27. The van der Waals surface area contributed by atoms with E-state index in [0.29, 0.717) is 11.1 Å². The Kier molecular flexibility index (Phi) is 2.79. The van der Waals surface area contributed by atoms with Crippen LogP contribution >= 0.6 is 0 Å². The highest BCUT2D eigenvalue weighted by atomic mass is 16.3. The molecule has 3 aromatic rings. The van der Waals surface area contributed by atoms with Crippen molar-refractivity contribution >= 4 is 16.9 Å². The first kappa shape index (κ1) is 11.5. The third-order valence-electron chi connectivity index (χ3n) is 3.00. The van der Waals surface area contributed by atoms with Crippen LogP contribution in [0.15, 0.2) is 47.3 Å². The molecule has 0 fully saturated rings. The SMILES string of the molecule is CC(NC(=O)c1coc2ccccc12)c1ncc[nH]1. The normalized spacial score (nSPS) is 12.5. The number of aromatic nitrogens is 2. The zero-order valence-electron chi connectivity index (χ0n) is 10.4. The Balaban J connectivity index is 1.84. The minimum Gasteiger partial charge on any atom is -0.463 e. The second-order valence-corrected chi connectivity index (χ2v) is 4.32. The number of imidazole rings is 1. The molecule has 0 aliphatic carbocycles. The van der Waals surface area contributed by atoms with Crippen LogP contribution in [0.1, 0.15) is 29.1 Å². The van der Waals surface area contributed by atoms with Crippen LogP contribution in [0.4, 0.5) is 0 Å². The molecule has 2 aromatic heterocycles. The molecule has 0 radical (unpaired) electrons. The maximum atomic E-state index is 12.2. The summed E-state index contributed by atoms with van der Waals surface area (Å²) >= 11 is 0. The van der Waals surface area contributed by atoms with E-state index in [-0.39, 0.29) is 11.9 Å². The molecule has 0 saturated carbocycles. The quantitative estimate of drug-likeness (QED) is 0.755. The Morgan fingerprint density at radius 2 is 2.26 bits per heavy atom. The van der Waals surface area contributed by atoms with Crippen LogP contribution in [0.5, 0.6) is 0 Å². The van der Waals surface area contributed by atoms with Gasteiger partial charge in [-0.15, -0.1) is 0 Å². The molecule has 2 heterocycles. The van der Waals surface area contributed by atoms with Gasteiger partial charge in [-0.05, 0) is 13.0 Å². The number of carbonyl (C=O) groups is 1. The van der Waals surface area contributed by atoms with Crippen molar-refractivity contribution in [2.45, 2.75) is 13.0 Å². The summed E-state index contributed by atoms with van der Waals surface area (Å²) in [7, 11) is 0. The van der Waals surface area contributed by atoms with Crippen LogP contribution in [0.3, 0.4) is 0 Å². The van der Waals surface area contributed by atoms with Crippen molar-refractivity contribution in [1.82, 2.24) is 15.3 Å². The number of fused-ring (bicyclic) bond motifs is 1. The Labute approximate surface area is 109 Å². The molecule has 1 atom stereocenters. The number of rotatable bonds is 3. The van der Waals surface area contributed by atoms with Crippen molar-refractivity contribution in [1.29, 1.82) is 0 Å². The van der Waals surface area contributed by atoms with Gasteiger partial charge in [-0.3, -0.25) is 4.79 Å². The third-order valence-corrected chi connectivity index (χ3v) is 3.00. The molecule has 0 bridgehead atoms. The highest BCUT2D eigenvalue weighted by molar-refractivity contribution is 6.05. The average molecular weight is 255 g/mol. The van der Waals surface area contributed by atoms with Crippen LogP contribution in [0, 0.1) is 0 Å². The van der Waals surface area contributed by atoms with Gasteiger partial charge < -0.3 is 14.7 Å². The van der Waals surface area contributed by atoms with Gasteiger partial charge in [0.25, 0.3) is 5.91 Å². The van der Waals surface area contributed by atoms with Gasteiger partial charge >= 0.3 is 0 Å². The van der Waals surface area contributed by atoms with Gasteiger partial charge in [0, 0.05) is 17.8 Å². The molecule has 0 spiro atoms. The third kappa shape index (κ3) is 2.10. The molecule has 1 unspecified atom stereocenters. The summed E-state index contributed by atoms with van der Waals surface area (Å²) in [5.41, 5.74) is 1.24. The number of nitrogens with one attached hydrogen (secondary N) is 2. The van der Waals surface area contributed by atoms with Crippen molar-refractivity contribution in [3.05, 3.63) is 54.3 Å². The van der Waals surface area contributed by atoms with Gasteiger partial charge in [0.05, 0.1) is 11.6 Å². The van der Waals surface area contributed by atoms with Gasteiger partial charge in [-0.2, -0.15) is 0 Å². The predicted octanol–water partition coefficient (Wildman–Crippen LogP) is 2.65. The van der Waals surface area contributed by atoms with E-state index in [1.165, 1.54) is 6.26 Å². The van der Waals surface area contributed by atoms with E-state index in [1.807, 2.05) is 31.2 Å². The number of benzene rings is 1. The molecular formula is C14H13N3O2. The largest absolute Gasteiger partial charge is 0.463 e. The van der Waals surface area contributed by atoms with Gasteiger partial charge in [0.15, 0.2) is 0 Å². The van der Waals surface area contributed by atoms with Gasteiger partial charge in [0.2, 0.25) is 0 Å². The Morgan fingerprint density at radius 3 is 3.05 bits per heavy atom. The number of nitrogens with zero attached hydrogens (tertiary/aromatic N) is 1. The predicted molar refractivity (Wildman–Crippen MR) is 70.7 cm³/mol. The van der Waals surface area contributed by atoms with Crippen LogP contribution in [-0.4, -0.2) is 15.9 Å². The maximum Gasteiger partial charge on any atom is 0.255 e. The van der Waals surface area contributed by atoms with Crippen molar-refractivity contribution in [3.8, 4) is 0 Å². The number of hydrogen-bond acceptors (Lipinski definition) is 3. The van der Waals surface area contributed by atoms with E-state index < -0.39 is 0 Å². The highest BCUT2D eigenvalue weighted by Crippen LogP contribution is 2.21. The zero-order valence-corrected chi connectivity index (χ0v) is 10.4. The first-order valence-electron chi connectivity index (χ1n) is 6.02. The van der Waals surface area contributed by atoms with E-state index in [4.69, 9.17) is 4.42 Å². The summed E-state index contributed by atoms with van der Waals surface area (Å²) in [6, 6.07) is 7.27. The molecule has 0 aliphatic rings. The lowest BCUT2D eigenvalue weighted by molar-refractivity contribution is 0.0939. The van der Waals surface area contributed by atoms with Crippen LogP contribution in [0.25, 0.3) is 11.0 Å². The number of carbonyl (C=O) groups excluding carboxylic acids is 1. The lowest BCUT2D eigenvalue weighted by Gasteiger charge is -2.10. The van der Waals surface area contributed by atoms with Crippen molar-refractivity contribution in [3.63, 3.8) is 0 Å². The fourth-order valence-electron chi connectivity index (χ4n) is 2.01. The maximum absolute atomic E-state index is 12.2. The highest BCUT2D eigenvalue weighted by Gasteiger charge is 2.17. The molecule has 3 rings (SSSR count). The van der Waals surface area contributed by atoms with Crippen molar-refractivity contribution in [2.24, 2.45) is 0 Å². The fourth-order valence-corrected chi connectivity index (χ4v) is 2.01. The topological polar surface area (TPSA) is 70.9 Å². The van der Waals surface area contributed by atoms with Gasteiger partial charge in [0.1, 0.15) is 17.7 Å². The minimum absolute atomic E-state index is 0.172. The van der Waals surface area contributed by atoms with E-state index in [1.54, 1.807) is 12.4 Å². The first-order valence-corrected chi connectivity index (χ1v) is 6.02. The standard InChI is InChI=1S/C14H13N3O2/c1-9(13-15-6-7-16-13)17-14(18)11-8-19-12-5-3-2-4-10(11)12/h2-9H,1H3,(H,15,16)(H,17,18). The van der Waals surface area contributed by atoms with E-state index >= 15 is 0 Å². The molecule has 1 amide bonds. The number of furan rings is 1. The number of H-pyrrole nitrogens is 1. The molecule has 96 valence electrons. The minimum atomic E-state index is -0.184. The van der Waals surface area contributed by atoms with Crippen molar-refractivity contribution in [2.75, 3.05) is 0 Å². The average Bonchev–Trinajstić information content (AvgIpc) is 3.08. The molecule has 0 aliphatic heterocycles. The van der Waals surface area contributed by atoms with Crippen LogP contribution in [0.2, 0.25) is 0 Å².